The van der Waals surface area contributed by atoms with Gasteiger partial charge in [-0.3, -0.25) is 0 Å². The van der Waals surface area contributed by atoms with Crippen LogP contribution in [0.3, 0.4) is 0 Å². The minimum atomic E-state index is -6.00. The van der Waals surface area contributed by atoms with E-state index in [2.05, 4.69) is 5.94 Å². The molecular formula is C8H5BF4K-. The summed E-state index contributed by atoms with van der Waals surface area (Å²) in [5.41, 5.74) is 1.13. The van der Waals surface area contributed by atoms with Gasteiger partial charge in [0.2, 0.25) is 0 Å². The van der Waals surface area contributed by atoms with Crippen molar-refractivity contribution in [1.29, 1.82) is 0 Å². The average Bonchev–Trinajstić information content (AvgIpc) is 2.03. The Labute approximate surface area is 114 Å². The molecule has 0 bridgehead atoms. The monoisotopic (exact) mass is 227 g/mol. The first-order valence-electron chi connectivity index (χ1n) is 3.78. The van der Waals surface area contributed by atoms with E-state index in [1.54, 1.807) is 0 Å². The molecule has 0 unspecified atom stereocenters. The van der Waals surface area contributed by atoms with Gasteiger partial charge >= 0.3 is 98.0 Å². The molecule has 0 radical (unpaired) electrons. The molecule has 0 aromatic heterocycles. The van der Waals surface area contributed by atoms with Crippen molar-refractivity contribution in [2.45, 2.75) is 0 Å². The third-order valence-corrected chi connectivity index (χ3v) is 1.43. The average molecular weight is 227 g/mol. The van der Waals surface area contributed by atoms with E-state index >= 15 is 0 Å². The zero-order chi connectivity index (χ0) is 11.0. The summed E-state index contributed by atoms with van der Waals surface area (Å²) in [5, 5.41) is 0. The zero-order valence-corrected chi connectivity index (χ0v) is 10.6. The van der Waals surface area contributed by atoms with Gasteiger partial charge in [-0.1, -0.05) is 0 Å². The van der Waals surface area contributed by atoms with Gasteiger partial charge in [-0.15, -0.1) is 0 Å². The molecule has 0 fully saturated rings. The molecule has 1 rings (SSSR count). The van der Waals surface area contributed by atoms with Gasteiger partial charge in [-0.2, -0.15) is 0 Å². The molecule has 0 N–H and O–H groups in total. The summed E-state index contributed by atoms with van der Waals surface area (Å²) in [4.78, 5) is 0. The fourth-order valence-corrected chi connectivity index (χ4v) is 1.12. The summed E-state index contributed by atoms with van der Waals surface area (Å²) in [6, 6.07) is 10.1. The Balaban J connectivity index is 0.000000292. The molecule has 1 aromatic carbocycles. The second-order valence-corrected chi connectivity index (χ2v) is 3.02. The van der Waals surface area contributed by atoms with E-state index < -0.39 is 7.25 Å². The molecule has 0 atom stereocenters. The van der Waals surface area contributed by atoms with Crippen LogP contribution < -0.4 is 0 Å². The quantitative estimate of drug-likeness (QED) is 0.363. The molecule has 0 nitrogen and oxygen atoms in total. The van der Waals surface area contributed by atoms with E-state index in [9.17, 15) is 17.3 Å². The number of halogens is 4. The van der Waals surface area contributed by atoms with Crippen LogP contribution in [0.5, 0.6) is 0 Å². The second-order valence-electron chi connectivity index (χ2n) is 2.24. The van der Waals surface area contributed by atoms with Crippen LogP contribution in [0.1, 0.15) is 5.56 Å². The van der Waals surface area contributed by atoms with Crippen molar-refractivity contribution in [3.8, 4) is 5.94 Å². The minimum absolute atomic E-state index is 0.656. The summed E-state index contributed by atoms with van der Waals surface area (Å²) in [5.74, 6) is 3.04. The molecule has 1 aromatic rings. The van der Waals surface area contributed by atoms with Gasteiger partial charge in [0.05, 0.1) is 0 Å². The number of benzene rings is 1. The predicted octanol–water partition coefficient (Wildman–Crippen LogP) is 2.46. The van der Waals surface area contributed by atoms with Crippen LogP contribution >= 0.6 is 0 Å². The molecule has 0 saturated carbocycles. The van der Waals surface area contributed by atoms with Crippen LogP contribution in [0.25, 0.3) is 0 Å². The van der Waals surface area contributed by atoms with Crippen molar-refractivity contribution in [3.05, 3.63) is 35.9 Å². The maximum absolute atomic E-state index is 9.75. The summed E-state index contributed by atoms with van der Waals surface area (Å²) in [7, 11) is -6.00. The Morgan fingerprint density at radius 2 is 1.43 bits per heavy atom. The van der Waals surface area contributed by atoms with Crippen molar-refractivity contribution >= 4 is 56.2 Å². The van der Waals surface area contributed by atoms with E-state index in [0.717, 1.165) is 5.56 Å². The first-order valence-corrected chi connectivity index (χ1v) is 5.35. The molecule has 6 heteroatoms. The van der Waals surface area contributed by atoms with Crippen LogP contribution in [-0.4, -0.2) is 56.2 Å². The van der Waals surface area contributed by atoms with Crippen molar-refractivity contribution in [2.75, 3.05) is 0 Å². The fraction of sp³-hybridized carbons (Fsp3) is 0. The van der Waals surface area contributed by atoms with Crippen LogP contribution in [0.4, 0.5) is 17.3 Å². The number of hydrogen-bond donors (Lipinski definition) is 0. The summed E-state index contributed by atoms with van der Waals surface area (Å²) in [6.45, 7) is 0. The standard InChI is InChI=1S/C8H5.BF4.K/c1-2-8-6-4-3-5-7-8;2-1(3,4)5;/h3-7H;;/q;-1;. The van der Waals surface area contributed by atoms with Gasteiger partial charge in [0.25, 0.3) is 0 Å². The van der Waals surface area contributed by atoms with Crippen molar-refractivity contribution in [1.82, 2.24) is 0 Å². The summed E-state index contributed by atoms with van der Waals surface area (Å²) < 4.78 is 42.0. The van der Waals surface area contributed by atoms with Crippen LogP contribution in [0.2, 0.25) is 0 Å². The van der Waals surface area contributed by atoms with E-state index in [4.69, 9.17) is 0 Å². The molecule has 70 valence electrons. The first kappa shape index (κ1) is 14.2. The SMILES string of the molecule is F[B-](F)(F)F.[K][C]#Cc1ccccc1. The van der Waals surface area contributed by atoms with E-state index in [0.29, 0.717) is 49.0 Å². The molecule has 0 aliphatic carbocycles. The van der Waals surface area contributed by atoms with Crippen molar-refractivity contribution in [3.63, 3.8) is 0 Å². The summed E-state index contributed by atoms with van der Waals surface area (Å²) >= 11 is 0.656. The van der Waals surface area contributed by atoms with Gasteiger partial charge in [0.15, 0.2) is 0 Å². The fourth-order valence-electron chi connectivity index (χ4n) is 0.666. The Bertz CT molecular complexity index is 306. The van der Waals surface area contributed by atoms with E-state index in [1.807, 2.05) is 30.3 Å². The second kappa shape index (κ2) is 7.49. The third-order valence-electron chi connectivity index (χ3n) is 1.04. The van der Waals surface area contributed by atoms with Crippen LogP contribution in [0.15, 0.2) is 30.3 Å². The Morgan fingerprint density at radius 1 is 1.00 bits per heavy atom. The molecule has 0 heterocycles. The van der Waals surface area contributed by atoms with Crippen molar-refractivity contribution < 1.29 is 17.3 Å². The number of hydrogen-bond acceptors (Lipinski definition) is 0. The maximum atomic E-state index is 9.75. The first-order chi connectivity index (χ1) is 6.43. The summed E-state index contributed by atoms with van der Waals surface area (Å²) in [6.07, 6.45) is 0. The van der Waals surface area contributed by atoms with Gasteiger partial charge in [-0.05, 0) is 0 Å². The van der Waals surface area contributed by atoms with Gasteiger partial charge in [0.1, 0.15) is 0 Å². The van der Waals surface area contributed by atoms with Gasteiger partial charge in [0, 0.05) is 0 Å². The van der Waals surface area contributed by atoms with Gasteiger partial charge < -0.3 is 17.3 Å². The topological polar surface area (TPSA) is 0 Å². The third kappa shape index (κ3) is 12.2. The van der Waals surface area contributed by atoms with E-state index in [-0.39, 0.29) is 0 Å². The number of rotatable bonds is 0. The Kier molecular flexibility index (Phi) is 7.60. The molecule has 0 saturated heterocycles. The molecule has 14 heavy (non-hydrogen) atoms. The molecule has 0 aliphatic heterocycles. The molecule has 0 aliphatic rings. The van der Waals surface area contributed by atoms with Crippen molar-refractivity contribution in [2.24, 2.45) is 0 Å². The predicted molar refractivity (Wildman–Crippen MR) is 49.3 cm³/mol. The Hall–Kier alpha value is 0.201. The normalized spacial score (nSPS) is 9.29. The zero-order valence-electron chi connectivity index (χ0n) is 7.48. The molecule has 0 spiro atoms. The molecular weight excluding hydrogens is 222 g/mol. The molecule has 0 amide bonds. The van der Waals surface area contributed by atoms with Gasteiger partial charge in [-0.25, -0.2) is 0 Å². The van der Waals surface area contributed by atoms with Crippen LogP contribution in [0, 0.1) is 5.94 Å². The Morgan fingerprint density at radius 3 is 1.79 bits per heavy atom. The van der Waals surface area contributed by atoms with E-state index in [1.165, 1.54) is 0 Å². The van der Waals surface area contributed by atoms with Crippen LogP contribution in [-0.2, 0) is 0 Å².